The third-order valence-electron chi connectivity index (χ3n) is 1.42. The summed E-state index contributed by atoms with van der Waals surface area (Å²) in [5.41, 5.74) is 1.05. The predicted molar refractivity (Wildman–Crippen MR) is 45.1 cm³/mol. The van der Waals surface area contributed by atoms with Crippen LogP contribution in [-0.2, 0) is 0 Å². The predicted octanol–water partition coefficient (Wildman–Crippen LogP) is 1.01. The number of nitrogens with one attached hydrogen (secondary N) is 1. The molecule has 0 atom stereocenters. The fraction of sp³-hybridized carbons (Fsp3) is 0.714. The topological polar surface area (TPSA) is 39.5 Å². The van der Waals surface area contributed by atoms with Gasteiger partial charge in [0.1, 0.15) is 0 Å². The first-order valence-corrected chi connectivity index (χ1v) is 3.26. The second-order valence-electron chi connectivity index (χ2n) is 2.40. The van der Waals surface area contributed by atoms with Crippen LogP contribution in [0.5, 0.6) is 0 Å². The minimum absolute atomic E-state index is 0.572. The lowest BCUT2D eigenvalue weighted by molar-refractivity contribution is 0.570. The summed E-state index contributed by atoms with van der Waals surface area (Å²) in [5, 5.41) is 7.24. The highest BCUT2D eigenvalue weighted by Gasteiger charge is 1.98. The van der Waals surface area contributed by atoms with Gasteiger partial charge in [0.05, 0.1) is 12.4 Å². The molecule has 0 amide bonds. The van der Waals surface area contributed by atoms with Crippen LogP contribution in [-0.4, -0.2) is 37.1 Å². The van der Waals surface area contributed by atoms with Crippen molar-refractivity contribution in [3.63, 3.8) is 0 Å². The highest BCUT2D eigenvalue weighted by Crippen LogP contribution is 1.85. The molecule has 0 heterocycles. The van der Waals surface area contributed by atoms with E-state index in [0.717, 1.165) is 12.3 Å². The molecule has 0 radical (unpaired) electrons. The average Bonchev–Trinajstić information content (AvgIpc) is 1.87. The van der Waals surface area contributed by atoms with Gasteiger partial charge < -0.3 is 4.90 Å². The molecular weight excluding hydrogens is 126 g/mol. The molecule has 0 bridgehead atoms. The first-order valence-electron chi connectivity index (χ1n) is 3.26. The Morgan fingerprint density at radius 2 is 2.00 bits per heavy atom. The molecule has 0 unspecified atom stereocenters. The quantitative estimate of drug-likeness (QED) is 0.452. The minimum Gasteiger partial charge on any atom is -0.358 e. The van der Waals surface area contributed by atoms with Crippen molar-refractivity contribution in [2.45, 2.75) is 13.8 Å². The highest BCUT2D eigenvalue weighted by atomic mass is 15.1. The Morgan fingerprint density at radius 3 is 2.30 bits per heavy atom. The molecule has 0 aliphatic rings. The van der Waals surface area contributed by atoms with E-state index in [1.54, 1.807) is 14.0 Å². The van der Waals surface area contributed by atoms with Gasteiger partial charge in [-0.15, -0.1) is 0 Å². The normalized spacial score (nSPS) is 11.4. The van der Waals surface area contributed by atoms with Crippen LogP contribution in [0.1, 0.15) is 13.8 Å². The number of rotatable bonds is 2. The van der Waals surface area contributed by atoms with E-state index in [1.165, 1.54) is 0 Å². The van der Waals surface area contributed by atoms with Gasteiger partial charge in [-0.1, -0.05) is 0 Å². The monoisotopic (exact) mass is 141 g/mol. The van der Waals surface area contributed by atoms with Crippen molar-refractivity contribution in [1.29, 1.82) is 5.41 Å². The van der Waals surface area contributed by atoms with Crippen molar-refractivity contribution in [1.82, 2.24) is 4.90 Å². The Hall–Kier alpha value is -0.860. The molecule has 1 N–H and O–H groups in total. The molecule has 0 saturated carbocycles. The smallest absolute Gasteiger partial charge is 0.0926 e. The highest BCUT2D eigenvalue weighted by molar-refractivity contribution is 5.88. The van der Waals surface area contributed by atoms with Crippen molar-refractivity contribution in [2.24, 2.45) is 4.99 Å². The third-order valence-corrected chi connectivity index (χ3v) is 1.42. The second kappa shape index (κ2) is 4.04. The van der Waals surface area contributed by atoms with Gasteiger partial charge in [-0.25, -0.2) is 0 Å². The van der Waals surface area contributed by atoms with E-state index in [-0.39, 0.29) is 0 Å². The SMILES string of the molecule is C/N=C(/C)CN(C)C(C)=N. The first kappa shape index (κ1) is 9.14. The van der Waals surface area contributed by atoms with Crippen LogP contribution < -0.4 is 0 Å². The van der Waals surface area contributed by atoms with E-state index in [4.69, 9.17) is 5.41 Å². The standard InChI is InChI=1S/C7H15N3/c1-6(9-3)5-10(4)7(2)8/h8H,5H2,1-4H3/b8-7?,9-6-. The molecule has 0 fully saturated rings. The second-order valence-corrected chi connectivity index (χ2v) is 2.40. The zero-order valence-corrected chi connectivity index (χ0v) is 7.10. The van der Waals surface area contributed by atoms with Crippen molar-refractivity contribution >= 4 is 11.5 Å². The average molecular weight is 141 g/mol. The lowest BCUT2D eigenvalue weighted by Crippen LogP contribution is -2.28. The van der Waals surface area contributed by atoms with Crippen molar-refractivity contribution in [3.05, 3.63) is 0 Å². The van der Waals surface area contributed by atoms with Gasteiger partial charge in [0.25, 0.3) is 0 Å². The molecule has 0 rings (SSSR count). The van der Waals surface area contributed by atoms with Gasteiger partial charge in [0.2, 0.25) is 0 Å². The van der Waals surface area contributed by atoms with Crippen LogP contribution in [0, 0.1) is 5.41 Å². The Bertz CT molecular complexity index is 149. The van der Waals surface area contributed by atoms with E-state index < -0.39 is 0 Å². The van der Waals surface area contributed by atoms with E-state index in [1.807, 2.05) is 18.9 Å². The summed E-state index contributed by atoms with van der Waals surface area (Å²) < 4.78 is 0. The first-order chi connectivity index (χ1) is 4.57. The van der Waals surface area contributed by atoms with Crippen LogP contribution in [0.4, 0.5) is 0 Å². The van der Waals surface area contributed by atoms with Crippen molar-refractivity contribution in [3.8, 4) is 0 Å². The lowest BCUT2D eigenvalue weighted by atomic mass is 10.4. The molecule has 0 aromatic rings. The minimum atomic E-state index is 0.572. The van der Waals surface area contributed by atoms with Gasteiger partial charge in [0, 0.05) is 19.8 Å². The van der Waals surface area contributed by atoms with Crippen LogP contribution >= 0.6 is 0 Å². The lowest BCUT2D eigenvalue weighted by Gasteiger charge is -2.16. The Morgan fingerprint density at radius 1 is 1.50 bits per heavy atom. The third kappa shape index (κ3) is 3.22. The van der Waals surface area contributed by atoms with Crippen LogP contribution in [0.2, 0.25) is 0 Å². The van der Waals surface area contributed by atoms with Crippen molar-refractivity contribution < 1.29 is 0 Å². The molecule has 0 aromatic heterocycles. The van der Waals surface area contributed by atoms with Gasteiger partial charge in [-0.3, -0.25) is 10.4 Å². The van der Waals surface area contributed by atoms with E-state index >= 15 is 0 Å². The van der Waals surface area contributed by atoms with Gasteiger partial charge in [-0.05, 0) is 13.8 Å². The van der Waals surface area contributed by atoms with E-state index in [2.05, 4.69) is 4.99 Å². The maximum absolute atomic E-state index is 7.24. The van der Waals surface area contributed by atoms with Crippen molar-refractivity contribution in [2.75, 3.05) is 20.6 Å². The molecule has 10 heavy (non-hydrogen) atoms. The van der Waals surface area contributed by atoms with Crippen LogP contribution in [0.15, 0.2) is 4.99 Å². The maximum atomic E-state index is 7.24. The molecule has 3 heteroatoms. The molecule has 58 valence electrons. The molecule has 0 spiro atoms. The Kier molecular flexibility index (Phi) is 3.69. The molecule has 0 aromatic carbocycles. The zero-order valence-electron chi connectivity index (χ0n) is 7.10. The zero-order chi connectivity index (χ0) is 8.15. The molecule has 0 aliphatic heterocycles. The summed E-state index contributed by atoms with van der Waals surface area (Å²) in [5.74, 6) is 0.572. The van der Waals surface area contributed by atoms with Gasteiger partial charge in [-0.2, -0.15) is 0 Å². The van der Waals surface area contributed by atoms with Crippen LogP contribution in [0.3, 0.4) is 0 Å². The van der Waals surface area contributed by atoms with Crippen LogP contribution in [0.25, 0.3) is 0 Å². The summed E-state index contributed by atoms with van der Waals surface area (Å²) in [6.07, 6.45) is 0. The number of hydrogen-bond acceptors (Lipinski definition) is 2. The summed E-state index contributed by atoms with van der Waals surface area (Å²) in [6.45, 7) is 4.48. The summed E-state index contributed by atoms with van der Waals surface area (Å²) in [6, 6.07) is 0. The molecule has 3 nitrogen and oxygen atoms in total. The van der Waals surface area contributed by atoms with E-state index in [9.17, 15) is 0 Å². The fourth-order valence-corrected chi connectivity index (χ4v) is 0.533. The van der Waals surface area contributed by atoms with Gasteiger partial charge in [0.15, 0.2) is 0 Å². The Labute approximate surface area is 62.3 Å². The van der Waals surface area contributed by atoms with E-state index in [0.29, 0.717) is 5.84 Å². The maximum Gasteiger partial charge on any atom is 0.0926 e. The number of aliphatic imine (C=N–C) groups is 1. The number of nitrogens with zero attached hydrogens (tertiary/aromatic N) is 2. The number of hydrogen-bond donors (Lipinski definition) is 1. The fourth-order valence-electron chi connectivity index (χ4n) is 0.533. The number of amidine groups is 1. The molecular formula is C7H15N3. The molecule has 0 saturated heterocycles. The van der Waals surface area contributed by atoms with Gasteiger partial charge >= 0.3 is 0 Å². The Balaban J connectivity index is 3.80. The summed E-state index contributed by atoms with van der Waals surface area (Å²) in [4.78, 5) is 5.84. The summed E-state index contributed by atoms with van der Waals surface area (Å²) >= 11 is 0. The largest absolute Gasteiger partial charge is 0.358 e. The molecule has 0 aliphatic carbocycles. The summed E-state index contributed by atoms with van der Waals surface area (Å²) in [7, 11) is 3.65.